The predicted molar refractivity (Wildman–Crippen MR) is 87.5 cm³/mol. The van der Waals surface area contributed by atoms with Gasteiger partial charge in [-0.05, 0) is 49.6 Å². The number of ether oxygens (including phenoxy) is 2. The van der Waals surface area contributed by atoms with Crippen LogP contribution in [0.25, 0.3) is 0 Å². The van der Waals surface area contributed by atoms with Crippen LogP contribution in [0.1, 0.15) is 18.1 Å². The molecule has 0 aliphatic heterocycles. The van der Waals surface area contributed by atoms with Crippen LogP contribution in [0.5, 0.6) is 11.5 Å². The lowest BCUT2D eigenvalue weighted by atomic mass is 10.1. The molecule has 0 aliphatic rings. The van der Waals surface area contributed by atoms with E-state index in [9.17, 15) is 0 Å². The Kier molecular flexibility index (Phi) is 5.09. The molecule has 0 heterocycles. The van der Waals surface area contributed by atoms with Gasteiger partial charge < -0.3 is 14.8 Å². The highest BCUT2D eigenvalue weighted by Gasteiger charge is 2.10. The van der Waals surface area contributed by atoms with Gasteiger partial charge in [-0.25, -0.2) is 0 Å². The number of nitrogens with one attached hydrogen (secondary N) is 1. The Hall–Kier alpha value is -2.16. The van der Waals surface area contributed by atoms with E-state index in [4.69, 9.17) is 9.47 Å². The van der Waals surface area contributed by atoms with Crippen molar-refractivity contribution in [2.24, 2.45) is 0 Å². The fourth-order valence-corrected chi connectivity index (χ4v) is 2.44. The molecular weight excluding hydrogens is 262 g/mol. The van der Waals surface area contributed by atoms with Gasteiger partial charge in [-0.2, -0.15) is 0 Å². The number of rotatable bonds is 6. The molecule has 3 nitrogen and oxygen atoms in total. The predicted octanol–water partition coefficient (Wildman–Crippen LogP) is 4.06. The normalized spacial score (nSPS) is 11.8. The molecule has 0 fully saturated rings. The van der Waals surface area contributed by atoms with Crippen molar-refractivity contribution in [3.8, 4) is 11.5 Å². The van der Waals surface area contributed by atoms with Crippen molar-refractivity contribution in [1.29, 1.82) is 0 Å². The molecule has 21 heavy (non-hydrogen) atoms. The molecule has 0 saturated heterocycles. The lowest BCUT2D eigenvalue weighted by Gasteiger charge is -2.19. The standard InChI is InChI=1S/C18H23NO2/c1-13-9-10-16(18(11-13)21-4)19-14(2)12-15-7-5-6-8-17(15)20-3/h5-11,14,19H,12H2,1-4H3. The summed E-state index contributed by atoms with van der Waals surface area (Å²) < 4.78 is 10.8. The summed E-state index contributed by atoms with van der Waals surface area (Å²) in [5.41, 5.74) is 3.41. The van der Waals surface area contributed by atoms with Gasteiger partial charge in [0.2, 0.25) is 0 Å². The summed E-state index contributed by atoms with van der Waals surface area (Å²) in [7, 11) is 3.41. The first-order chi connectivity index (χ1) is 10.1. The summed E-state index contributed by atoms with van der Waals surface area (Å²) in [6, 6.07) is 14.6. The second kappa shape index (κ2) is 7.02. The molecule has 0 aliphatic carbocycles. The third-order valence-corrected chi connectivity index (χ3v) is 3.48. The molecule has 1 atom stereocenters. The topological polar surface area (TPSA) is 30.5 Å². The molecular formula is C18H23NO2. The Morgan fingerprint density at radius 3 is 2.43 bits per heavy atom. The molecule has 0 amide bonds. The number of hydrogen-bond acceptors (Lipinski definition) is 3. The highest BCUT2D eigenvalue weighted by molar-refractivity contribution is 5.58. The monoisotopic (exact) mass is 285 g/mol. The maximum atomic E-state index is 5.43. The van der Waals surface area contributed by atoms with Gasteiger partial charge >= 0.3 is 0 Å². The molecule has 2 rings (SSSR count). The van der Waals surface area contributed by atoms with E-state index in [0.717, 1.165) is 23.6 Å². The lowest BCUT2D eigenvalue weighted by molar-refractivity contribution is 0.408. The van der Waals surface area contributed by atoms with E-state index < -0.39 is 0 Å². The first-order valence-corrected chi connectivity index (χ1v) is 7.17. The van der Waals surface area contributed by atoms with Crippen molar-refractivity contribution >= 4 is 5.69 Å². The number of anilines is 1. The first-order valence-electron chi connectivity index (χ1n) is 7.17. The summed E-state index contributed by atoms with van der Waals surface area (Å²) >= 11 is 0. The first kappa shape index (κ1) is 15.2. The minimum Gasteiger partial charge on any atom is -0.496 e. The van der Waals surface area contributed by atoms with Gasteiger partial charge in [0.25, 0.3) is 0 Å². The zero-order chi connectivity index (χ0) is 15.2. The van der Waals surface area contributed by atoms with Gasteiger partial charge in [0.1, 0.15) is 11.5 Å². The van der Waals surface area contributed by atoms with Gasteiger partial charge in [-0.3, -0.25) is 0 Å². The summed E-state index contributed by atoms with van der Waals surface area (Å²) in [6.45, 7) is 4.22. The van der Waals surface area contributed by atoms with E-state index in [1.165, 1.54) is 11.1 Å². The van der Waals surface area contributed by atoms with Gasteiger partial charge in [0.05, 0.1) is 19.9 Å². The van der Waals surface area contributed by atoms with E-state index in [1.807, 2.05) is 24.3 Å². The number of benzene rings is 2. The average Bonchev–Trinajstić information content (AvgIpc) is 2.49. The van der Waals surface area contributed by atoms with E-state index in [-0.39, 0.29) is 6.04 Å². The molecule has 0 aromatic heterocycles. The van der Waals surface area contributed by atoms with Crippen LogP contribution in [0, 0.1) is 6.92 Å². The van der Waals surface area contributed by atoms with Gasteiger partial charge in [-0.1, -0.05) is 24.3 Å². The molecule has 3 heteroatoms. The smallest absolute Gasteiger partial charge is 0.142 e. The second-order valence-electron chi connectivity index (χ2n) is 5.27. The van der Waals surface area contributed by atoms with Gasteiger partial charge in [0, 0.05) is 6.04 Å². The summed E-state index contributed by atoms with van der Waals surface area (Å²) in [5, 5.41) is 3.51. The van der Waals surface area contributed by atoms with Crippen molar-refractivity contribution in [1.82, 2.24) is 0 Å². The van der Waals surface area contributed by atoms with Crippen LogP contribution in [0.15, 0.2) is 42.5 Å². The highest BCUT2D eigenvalue weighted by atomic mass is 16.5. The minimum atomic E-state index is 0.276. The largest absolute Gasteiger partial charge is 0.496 e. The van der Waals surface area contributed by atoms with Gasteiger partial charge in [0.15, 0.2) is 0 Å². The van der Waals surface area contributed by atoms with Crippen molar-refractivity contribution in [3.63, 3.8) is 0 Å². The SMILES string of the molecule is COc1ccccc1CC(C)Nc1ccc(C)cc1OC. The molecule has 0 radical (unpaired) electrons. The minimum absolute atomic E-state index is 0.276. The van der Waals surface area contributed by atoms with Crippen LogP contribution in [-0.4, -0.2) is 20.3 Å². The molecule has 0 spiro atoms. The zero-order valence-corrected chi connectivity index (χ0v) is 13.1. The fourth-order valence-electron chi connectivity index (χ4n) is 2.44. The van der Waals surface area contributed by atoms with E-state index >= 15 is 0 Å². The summed E-state index contributed by atoms with van der Waals surface area (Å²) in [4.78, 5) is 0. The Morgan fingerprint density at radius 2 is 1.71 bits per heavy atom. The van der Waals surface area contributed by atoms with E-state index in [2.05, 4.69) is 37.4 Å². The zero-order valence-electron chi connectivity index (χ0n) is 13.1. The lowest BCUT2D eigenvalue weighted by Crippen LogP contribution is -2.19. The van der Waals surface area contributed by atoms with Crippen LogP contribution in [0.3, 0.4) is 0 Å². The summed E-state index contributed by atoms with van der Waals surface area (Å²) in [6.07, 6.45) is 0.890. The number of para-hydroxylation sites is 1. The third kappa shape index (κ3) is 3.91. The average molecular weight is 285 g/mol. The Balaban J connectivity index is 2.10. The van der Waals surface area contributed by atoms with Crippen molar-refractivity contribution in [3.05, 3.63) is 53.6 Å². The van der Waals surface area contributed by atoms with Crippen molar-refractivity contribution in [2.75, 3.05) is 19.5 Å². The van der Waals surface area contributed by atoms with Crippen LogP contribution in [0.4, 0.5) is 5.69 Å². The molecule has 1 N–H and O–H groups in total. The number of aryl methyl sites for hydroxylation is 1. The molecule has 2 aromatic carbocycles. The van der Waals surface area contributed by atoms with Crippen molar-refractivity contribution in [2.45, 2.75) is 26.3 Å². The van der Waals surface area contributed by atoms with E-state index in [0.29, 0.717) is 0 Å². The Morgan fingerprint density at radius 1 is 1.00 bits per heavy atom. The molecule has 112 valence electrons. The van der Waals surface area contributed by atoms with E-state index in [1.54, 1.807) is 14.2 Å². The Bertz CT molecular complexity index is 596. The third-order valence-electron chi connectivity index (χ3n) is 3.48. The Labute approximate surface area is 126 Å². The number of methoxy groups -OCH3 is 2. The van der Waals surface area contributed by atoms with Gasteiger partial charge in [-0.15, -0.1) is 0 Å². The second-order valence-corrected chi connectivity index (χ2v) is 5.27. The number of hydrogen-bond donors (Lipinski definition) is 1. The fraction of sp³-hybridized carbons (Fsp3) is 0.333. The molecule has 2 aromatic rings. The molecule has 0 saturated carbocycles. The molecule has 0 bridgehead atoms. The van der Waals surface area contributed by atoms with Crippen LogP contribution < -0.4 is 14.8 Å². The maximum absolute atomic E-state index is 5.43. The quantitative estimate of drug-likeness (QED) is 0.868. The van der Waals surface area contributed by atoms with Crippen LogP contribution >= 0.6 is 0 Å². The van der Waals surface area contributed by atoms with Crippen molar-refractivity contribution < 1.29 is 9.47 Å². The highest BCUT2D eigenvalue weighted by Crippen LogP contribution is 2.27. The van der Waals surface area contributed by atoms with Crippen LogP contribution in [-0.2, 0) is 6.42 Å². The summed E-state index contributed by atoms with van der Waals surface area (Å²) in [5.74, 6) is 1.81. The maximum Gasteiger partial charge on any atom is 0.142 e. The van der Waals surface area contributed by atoms with Crippen LogP contribution in [0.2, 0.25) is 0 Å². The molecule has 1 unspecified atom stereocenters.